The van der Waals surface area contributed by atoms with Crippen molar-refractivity contribution in [2.24, 2.45) is 0 Å². The summed E-state index contributed by atoms with van der Waals surface area (Å²) in [4.78, 5) is 18.6. The van der Waals surface area contributed by atoms with Crippen LogP contribution in [0.15, 0.2) is 18.3 Å². The van der Waals surface area contributed by atoms with E-state index >= 15 is 0 Å². The van der Waals surface area contributed by atoms with E-state index in [1.807, 2.05) is 11.8 Å². The SMILES string of the molecule is CCN(CC)CCNC(=O)c1ccc(OC2CCSC2)nc1. The molecule has 5 nitrogen and oxygen atoms in total. The second kappa shape index (κ2) is 9.00. The minimum Gasteiger partial charge on any atom is -0.473 e. The Labute approximate surface area is 136 Å². The molecule has 1 aromatic heterocycles. The average Bonchev–Trinajstić information content (AvgIpc) is 3.05. The van der Waals surface area contributed by atoms with Crippen molar-refractivity contribution < 1.29 is 9.53 Å². The summed E-state index contributed by atoms with van der Waals surface area (Å²) in [6.45, 7) is 7.76. The predicted molar refractivity (Wildman–Crippen MR) is 90.7 cm³/mol. The highest BCUT2D eigenvalue weighted by Crippen LogP contribution is 2.21. The van der Waals surface area contributed by atoms with Gasteiger partial charge < -0.3 is 15.0 Å². The molecule has 0 radical (unpaired) electrons. The van der Waals surface area contributed by atoms with Crippen LogP contribution in [0.4, 0.5) is 0 Å². The van der Waals surface area contributed by atoms with E-state index < -0.39 is 0 Å². The number of pyridine rings is 1. The first-order chi connectivity index (χ1) is 10.7. The van der Waals surface area contributed by atoms with Gasteiger partial charge in [0.05, 0.1) is 5.56 Å². The highest BCUT2D eigenvalue weighted by Gasteiger charge is 2.17. The lowest BCUT2D eigenvalue weighted by Gasteiger charge is -2.18. The van der Waals surface area contributed by atoms with Gasteiger partial charge in [0.2, 0.25) is 5.88 Å². The maximum absolute atomic E-state index is 12.0. The molecule has 1 N–H and O–H groups in total. The number of amides is 1. The molecule has 0 spiro atoms. The first-order valence-corrected chi connectivity index (χ1v) is 9.09. The Morgan fingerprint density at radius 2 is 2.27 bits per heavy atom. The van der Waals surface area contributed by atoms with E-state index in [-0.39, 0.29) is 12.0 Å². The van der Waals surface area contributed by atoms with Gasteiger partial charge in [-0.05, 0) is 31.3 Å². The van der Waals surface area contributed by atoms with Gasteiger partial charge in [-0.1, -0.05) is 13.8 Å². The molecule has 2 rings (SSSR count). The number of ether oxygens (including phenoxy) is 1. The number of aromatic nitrogens is 1. The van der Waals surface area contributed by atoms with Crippen molar-refractivity contribution in [2.75, 3.05) is 37.7 Å². The fraction of sp³-hybridized carbons (Fsp3) is 0.625. The van der Waals surface area contributed by atoms with Gasteiger partial charge in [0, 0.05) is 31.1 Å². The number of nitrogens with zero attached hydrogens (tertiary/aromatic N) is 2. The van der Waals surface area contributed by atoms with Gasteiger partial charge in [-0.25, -0.2) is 4.98 Å². The standard InChI is InChI=1S/C16H25N3O2S/c1-3-19(4-2)9-8-17-16(20)13-5-6-15(18-11-13)21-14-7-10-22-12-14/h5-6,11,14H,3-4,7-10,12H2,1-2H3,(H,17,20). The third kappa shape index (κ3) is 5.18. The van der Waals surface area contributed by atoms with Crippen LogP contribution < -0.4 is 10.1 Å². The van der Waals surface area contributed by atoms with Crippen LogP contribution in [0.25, 0.3) is 0 Å². The average molecular weight is 323 g/mol. The number of thioether (sulfide) groups is 1. The normalized spacial score (nSPS) is 17.7. The minimum atomic E-state index is -0.0809. The van der Waals surface area contributed by atoms with Crippen molar-refractivity contribution in [3.05, 3.63) is 23.9 Å². The Morgan fingerprint density at radius 3 is 2.86 bits per heavy atom. The van der Waals surface area contributed by atoms with Gasteiger partial charge in [0.1, 0.15) is 6.10 Å². The van der Waals surface area contributed by atoms with Crippen molar-refractivity contribution in [3.63, 3.8) is 0 Å². The highest BCUT2D eigenvalue weighted by molar-refractivity contribution is 7.99. The summed E-state index contributed by atoms with van der Waals surface area (Å²) >= 11 is 1.90. The summed E-state index contributed by atoms with van der Waals surface area (Å²) in [5.41, 5.74) is 0.577. The monoisotopic (exact) mass is 323 g/mol. The van der Waals surface area contributed by atoms with Crippen molar-refractivity contribution >= 4 is 17.7 Å². The number of carbonyl (C=O) groups is 1. The molecule has 1 atom stereocenters. The van der Waals surface area contributed by atoms with Gasteiger partial charge in [-0.2, -0.15) is 11.8 Å². The zero-order valence-corrected chi connectivity index (χ0v) is 14.2. The van der Waals surface area contributed by atoms with Gasteiger partial charge in [0.25, 0.3) is 5.91 Å². The number of nitrogens with one attached hydrogen (secondary N) is 1. The van der Waals surface area contributed by atoms with Crippen LogP contribution in [0.1, 0.15) is 30.6 Å². The van der Waals surface area contributed by atoms with Crippen LogP contribution in [0.3, 0.4) is 0 Å². The second-order valence-corrected chi connectivity index (χ2v) is 6.42. The van der Waals surface area contributed by atoms with E-state index in [9.17, 15) is 4.79 Å². The topological polar surface area (TPSA) is 54.5 Å². The molecule has 22 heavy (non-hydrogen) atoms. The van der Waals surface area contributed by atoms with Crippen molar-refractivity contribution in [1.82, 2.24) is 15.2 Å². The Morgan fingerprint density at radius 1 is 1.45 bits per heavy atom. The van der Waals surface area contributed by atoms with Crippen molar-refractivity contribution in [3.8, 4) is 5.88 Å². The van der Waals surface area contributed by atoms with E-state index in [1.165, 1.54) is 0 Å². The number of carbonyl (C=O) groups excluding carboxylic acids is 1. The molecule has 122 valence electrons. The lowest BCUT2D eigenvalue weighted by Crippen LogP contribution is -2.34. The van der Waals surface area contributed by atoms with Gasteiger partial charge >= 0.3 is 0 Å². The lowest BCUT2D eigenvalue weighted by molar-refractivity contribution is 0.0948. The predicted octanol–water partition coefficient (Wildman–Crippen LogP) is 2.04. The molecular weight excluding hydrogens is 298 g/mol. The lowest BCUT2D eigenvalue weighted by atomic mass is 10.2. The molecule has 0 saturated carbocycles. The number of hydrogen-bond donors (Lipinski definition) is 1. The summed E-state index contributed by atoms with van der Waals surface area (Å²) in [5, 5.41) is 2.93. The van der Waals surface area contributed by atoms with E-state index in [4.69, 9.17) is 4.74 Å². The molecule has 0 aromatic carbocycles. The molecule has 1 aliphatic heterocycles. The number of likely N-dealkylation sites (N-methyl/N-ethyl adjacent to an activating group) is 1. The molecule has 1 saturated heterocycles. The molecule has 1 amide bonds. The second-order valence-electron chi connectivity index (χ2n) is 5.27. The maximum Gasteiger partial charge on any atom is 0.252 e. The Balaban J connectivity index is 1.77. The van der Waals surface area contributed by atoms with Crippen LogP contribution in [-0.4, -0.2) is 59.6 Å². The first kappa shape index (κ1) is 17.1. The zero-order valence-electron chi connectivity index (χ0n) is 13.4. The first-order valence-electron chi connectivity index (χ1n) is 7.94. The van der Waals surface area contributed by atoms with Crippen LogP contribution in [0.5, 0.6) is 5.88 Å². The fourth-order valence-electron chi connectivity index (χ4n) is 2.33. The number of rotatable bonds is 8. The molecule has 1 fully saturated rings. The van der Waals surface area contributed by atoms with Gasteiger partial charge in [0.15, 0.2) is 0 Å². The highest BCUT2D eigenvalue weighted by atomic mass is 32.2. The van der Waals surface area contributed by atoms with Crippen LogP contribution in [0, 0.1) is 0 Å². The molecule has 1 aromatic rings. The Hall–Kier alpha value is -1.27. The minimum absolute atomic E-state index is 0.0809. The quantitative estimate of drug-likeness (QED) is 0.793. The van der Waals surface area contributed by atoms with Crippen molar-refractivity contribution in [2.45, 2.75) is 26.4 Å². The van der Waals surface area contributed by atoms with E-state index in [2.05, 4.69) is 29.0 Å². The Kier molecular flexibility index (Phi) is 6.99. The van der Waals surface area contributed by atoms with Crippen LogP contribution in [0.2, 0.25) is 0 Å². The summed E-state index contributed by atoms with van der Waals surface area (Å²) in [6, 6.07) is 3.56. The summed E-state index contributed by atoms with van der Waals surface area (Å²) in [7, 11) is 0. The molecule has 1 unspecified atom stereocenters. The largest absolute Gasteiger partial charge is 0.473 e. The summed E-state index contributed by atoms with van der Waals surface area (Å²) in [6.07, 6.45) is 2.91. The van der Waals surface area contributed by atoms with E-state index in [0.29, 0.717) is 18.0 Å². The van der Waals surface area contributed by atoms with E-state index in [1.54, 1.807) is 18.3 Å². The molecule has 6 heteroatoms. The zero-order chi connectivity index (χ0) is 15.8. The number of hydrogen-bond acceptors (Lipinski definition) is 5. The van der Waals surface area contributed by atoms with Crippen molar-refractivity contribution in [1.29, 1.82) is 0 Å². The van der Waals surface area contributed by atoms with Gasteiger partial charge in [-0.3, -0.25) is 4.79 Å². The summed E-state index contributed by atoms with van der Waals surface area (Å²) in [5.74, 6) is 2.70. The fourth-order valence-corrected chi connectivity index (χ4v) is 3.42. The molecular formula is C16H25N3O2S. The van der Waals surface area contributed by atoms with Gasteiger partial charge in [-0.15, -0.1) is 0 Å². The smallest absolute Gasteiger partial charge is 0.252 e. The molecule has 0 bridgehead atoms. The summed E-state index contributed by atoms with van der Waals surface area (Å²) < 4.78 is 5.78. The maximum atomic E-state index is 12.0. The van der Waals surface area contributed by atoms with Crippen LogP contribution >= 0.6 is 11.8 Å². The molecule has 0 aliphatic carbocycles. The molecule has 1 aliphatic rings. The Bertz CT molecular complexity index is 457. The van der Waals surface area contributed by atoms with E-state index in [0.717, 1.165) is 37.6 Å². The van der Waals surface area contributed by atoms with Crippen LogP contribution in [-0.2, 0) is 0 Å². The third-order valence-corrected chi connectivity index (χ3v) is 4.91. The molecule has 2 heterocycles. The third-order valence-electron chi connectivity index (χ3n) is 3.78.